The normalized spacial score (nSPS) is 12.8. The van der Waals surface area contributed by atoms with Gasteiger partial charge in [-0.1, -0.05) is 51.1 Å². The summed E-state index contributed by atoms with van der Waals surface area (Å²) < 4.78 is 0. The molecule has 0 unspecified atom stereocenters. The van der Waals surface area contributed by atoms with Crippen molar-refractivity contribution in [3.63, 3.8) is 0 Å². The molecule has 1 rings (SSSR count). The summed E-state index contributed by atoms with van der Waals surface area (Å²) in [6.07, 6.45) is 2.69. The zero-order chi connectivity index (χ0) is 11.5. The largest absolute Gasteiger partial charge is 0.324 e. The minimum absolute atomic E-state index is 0. The molecule has 0 bridgehead atoms. The Morgan fingerprint density at radius 1 is 1.25 bits per heavy atom. The molecule has 0 saturated heterocycles. The molecule has 2 heteroatoms. The Kier molecular flexibility index (Phi) is 5.77. The van der Waals surface area contributed by atoms with Crippen LogP contribution in [-0.2, 0) is 5.41 Å². The Hall–Kier alpha value is -0.790. The molecule has 2 N–H and O–H groups in total. The Balaban J connectivity index is 0.00000225. The van der Waals surface area contributed by atoms with E-state index in [9.17, 15) is 0 Å². The second-order valence-corrected chi connectivity index (χ2v) is 5.00. The fraction of sp³-hybridized carbons (Fsp3) is 0.429. The molecule has 0 fully saturated rings. The molecule has 0 aromatic heterocycles. The Morgan fingerprint density at radius 3 is 2.12 bits per heavy atom. The number of nitrogens with two attached hydrogens (primary N) is 1. The third kappa shape index (κ3) is 3.99. The predicted molar refractivity (Wildman–Crippen MR) is 74.1 cm³/mol. The van der Waals surface area contributed by atoms with Crippen molar-refractivity contribution in [3.8, 4) is 0 Å². The van der Waals surface area contributed by atoms with Gasteiger partial charge < -0.3 is 5.73 Å². The summed E-state index contributed by atoms with van der Waals surface area (Å²) in [5, 5.41) is 0. The van der Waals surface area contributed by atoms with Gasteiger partial charge in [-0.3, -0.25) is 0 Å². The molecule has 90 valence electrons. The zero-order valence-electron chi connectivity index (χ0n) is 10.4. The lowest BCUT2D eigenvalue weighted by atomic mass is 9.86. The summed E-state index contributed by atoms with van der Waals surface area (Å²) in [5.74, 6) is 0. The molecule has 0 radical (unpaired) electrons. The number of benzene rings is 1. The highest BCUT2D eigenvalue weighted by Crippen LogP contribution is 2.24. The van der Waals surface area contributed by atoms with E-state index in [1.807, 2.05) is 6.08 Å². The molecular formula is C14H22ClN. The van der Waals surface area contributed by atoms with Crippen LogP contribution in [0.15, 0.2) is 36.9 Å². The van der Waals surface area contributed by atoms with Crippen molar-refractivity contribution in [2.24, 2.45) is 5.73 Å². The van der Waals surface area contributed by atoms with Crippen LogP contribution in [0.3, 0.4) is 0 Å². The Bertz CT molecular complexity index is 322. The summed E-state index contributed by atoms with van der Waals surface area (Å²) >= 11 is 0. The van der Waals surface area contributed by atoms with Crippen LogP contribution >= 0.6 is 12.4 Å². The first-order valence-corrected chi connectivity index (χ1v) is 5.42. The van der Waals surface area contributed by atoms with Gasteiger partial charge in [0.15, 0.2) is 0 Å². The summed E-state index contributed by atoms with van der Waals surface area (Å²) in [7, 11) is 0. The number of hydrogen-bond donors (Lipinski definition) is 1. The second kappa shape index (κ2) is 6.07. The highest BCUT2D eigenvalue weighted by Gasteiger charge is 2.13. The van der Waals surface area contributed by atoms with Gasteiger partial charge in [-0.15, -0.1) is 19.0 Å². The summed E-state index contributed by atoms with van der Waals surface area (Å²) in [5.41, 5.74) is 8.73. The van der Waals surface area contributed by atoms with E-state index in [0.29, 0.717) is 0 Å². The van der Waals surface area contributed by atoms with Gasteiger partial charge in [0, 0.05) is 6.04 Å². The van der Waals surface area contributed by atoms with Gasteiger partial charge in [0.05, 0.1) is 0 Å². The van der Waals surface area contributed by atoms with E-state index in [2.05, 4.69) is 51.6 Å². The smallest absolute Gasteiger partial charge is 0.0329 e. The van der Waals surface area contributed by atoms with E-state index in [-0.39, 0.29) is 23.9 Å². The third-order valence-corrected chi connectivity index (χ3v) is 2.63. The molecule has 1 nitrogen and oxygen atoms in total. The van der Waals surface area contributed by atoms with Gasteiger partial charge in [0.2, 0.25) is 0 Å². The number of rotatable bonds is 3. The van der Waals surface area contributed by atoms with Crippen molar-refractivity contribution in [1.29, 1.82) is 0 Å². The van der Waals surface area contributed by atoms with Crippen LogP contribution in [0.5, 0.6) is 0 Å². The molecule has 1 atom stereocenters. The maximum absolute atomic E-state index is 5.99. The molecule has 0 aliphatic rings. The first kappa shape index (κ1) is 15.2. The van der Waals surface area contributed by atoms with Crippen LogP contribution < -0.4 is 5.73 Å². The average molecular weight is 240 g/mol. The molecule has 1 aromatic carbocycles. The fourth-order valence-corrected chi connectivity index (χ4v) is 1.55. The molecule has 0 aliphatic carbocycles. The lowest BCUT2D eigenvalue weighted by molar-refractivity contribution is 0.589. The molecule has 0 heterocycles. The number of halogens is 1. The summed E-state index contributed by atoms with van der Waals surface area (Å²) in [6, 6.07) is 8.65. The van der Waals surface area contributed by atoms with E-state index in [4.69, 9.17) is 5.73 Å². The lowest BCUT2D eigenvalue weighted by Gasteiger charge is -2.20. The SMILES string of the molecule is C=CC[C@H](N)c1ccc(C(C)(C)C)cc1.Cl. The van der Waals surface area contributed by atoms with Crippen molar-refractivity contribution < 1.29 is 0 Å². The van der Waals surface area contributed by atoms with Gasteiger partial charge in [0.1, 0.15) is 0 Å². The molecule has 0 amide bonds. The number of hydrogen-bond acceptors (Lipinski definition) is 1. The van der Waals surface area contributed by atoms with Crippen LogP contribution in [0.1, 0.15) is 44.4 Å². The third-order valence-electron chi connectivity index (χ3n) is 2.63. The van der Waals surface area contributed by atoms with Gasteiger partial charge in [-0.2, -0.15) is 0 Å². The van der Waals surface area contributed by atoms with Crippen LogP contribution in [0.2, 0.25) is 0 Å². The standard InChI is InChI=1S/C14H21N.ClH/c1-5-6-13(15)11-7-9-12(10-8-11)14(2,3)4;/h5,7-10,13H,1,6,15H2,2-4H3;1H/t13-;/m0./s1. The first-order valence-electron chi connectivity index (χ1n) is 5.42. The van der Waals surface area contributed by atoms with Gasteiger partial charge in [-0.05, 0) is 23.0 Å². The molecule has 0 spiro atoms. The van der Waals surface area contributed by atoms with Crippen molar-refractivity contribution in [2.75, 3.05) is 0 Å². The monoisotopic (exact) mass is 239 g/mol. The van der Waals surface area contributed by atoms with Crippen LogP contribution in [-0.4, -0.2) is 0 Å². The molecular weight excluding hydrogens is 218 g/mol. The van der Waals surface area contributed by atoms with Crippen LogP contribution in [0, 0.1) is 0 Å². The molecule has 16 heavy (non-hydrogen) atoms. The zero-order valence-corrected chi connectivity index (χ0v) is 11.2. The maximum Gasteiger partial charge on any atom is 0.0329 e. The van der Waals surface area contributed by atoms with E-state index in [1.54, 1.807) is 0 Å². The first-order chi connectivity index (χ1) is 6.95. The fourth-order valence-electron chi connectivity index (χ4n) is 1.55. The van der Waals surface area contributed by atoms with E-state index >= 15 is 0 Å². The summed E-state index contributed by atoms with van der Waals surface area (Å²) in [6.45, 7) is 10.3. The van der Waals surface area contributed by atoms with E-state index < -0.39 is 0 Å². The minimum Gasteiger partial charge on any atom is -0.324 e. The maximum atomic E-state index is 5.99. The minimum atomic E-state index is 0. The summed E-state index contributed by atoms with van der Waals surface area (Å²) in [4.78, 5) is 0. The van der Waals surface area contributed by atoms with Crippen molar-refractivity contribution in [3.05, 3.63) is 48.0 Å². The van der Waals surface area contributed by atoms with Gasteiger partial charge in [-0.25, -0.2) is 0 Å². The van der Waals surface area contributed by atoms with Crippen molar-refractivity contribution in [2.45, 2.75) is 38.6 Å². The van der Waals surface area contributed by atoms with Gasteiger partial charge in [0.25, 0.3) is 0 Å². The van der Waals surface area contributed by atoms with Crippen molar-refractivity contribution >= 4 is 12.4 Å². The lowest BCUT2D eigenvalue weighted by Crippen LogP contribution is -2.13. The Morgan fingerprint density at radius 2 is 1.75 bits per heavy atom. The van der Waals surface area contributed by atoms with Crippen molar-refractivity contribution in [1.82, 2.24) is 0 Å². The highest BCUT2D eigenvalue weighted by atomic mass is 35.5. The predicted octanol–water partition coefficient (Wildman–Crippen LogP) is 3.98. The van der Waals surface area contributed by atoms with Gasteiger partial charge >= 0.3 is 0 Å². The quantitative estimate of drug-likeness (QED) is 0.794. The highest BCUT2D eigenvalue weighted by molar-refractivity contribution is 5.85. The van der Waals surface area contributed by atoms with E-state index in [1.165, 1.54) is 11.1 Å². The van der Waals surface area contributed by atoms with E-state index in [0.717, 1.165) is 6.42 Å². The topological polar surface area (TPSA) is 26.0 Å². The average Bonchev–Trinajstić information content (AvgIpc) is 2.17. The molecule has 1 aromatic rings. The Labute approximate surface area is 105 Å². The van der Waals surface area contributed by atoms with Crippen LogP contribution in [0.25, 0.3) is 0 Å². The van der Waals surface area contributed by atoms with Crippen LogP contribution in [0.4, 0.5) is 0 Å². The molecule has 0 saturated carbocycles. The second-order valence-electron chi connectivity index (χ2n) is 5.00. The molecule has 0 aliphatic heterocycles.